The van der Waals surface area contributed by atoms with E-state index in [1.54, 1.807) is 0 Å². The van der Waals surface area contributed by atoms with Gasteiger partial charge >= 0.3 is 0 Å². The maximum atomic E-state index is 12.6. The molecule has 1 fully saturated rings. The van der Waals surface area contributed by atoms with E-state index in [2.05, 4.69) is 26.1 Å². The van der Waals surface area contributed by atoms with Crippen molar-refractivity contribution in [3.8, 4) is 0 Å². The number of hydrogen-bond acceptors (Lipinski definition) is 2. The normalized spacial score (nSPS) is 27.2. The molecular weight excluding hydrogens is 236 g/mol. The van der Waals surface area contributed by atoms with Crippen molar-refractivity contribution in [1.29, 1.82) is 0 Å². The molecule has 1 aliphatic rings. The highest BCUT2D eigenvalue weighted by Gasteiger charge is 2.32. The predicted octanol–water partition coefficient (Wildman–Crippen LogP) is 3.23. The molecule has 1 aliphatic heterocycles. The molecule has 1 saturated heterocycles. The highest BCUT2D eigenvalue weighted by Crippen LogP contribution is 2.28. The van der Waals surface area contributed by atoms with Crippen LogP contribution in [-0.2, 0) is 0 Å². The van der Waals surface area contributed by atoms with E-state index in [1.807, 2.05) is 36.2 Å². The lowest BCUT2D eigenvalue weighted by molar-refractivity contribution is 0.0456. The SMILES string of the molecule is CNc1ccc(C(=O)N2CC(C)CC(C)C2C)cc1. The molecule has 1 aromatic rings. The minimum absolute atomic E-state index is 0.161. The minimum atomic E-state index is 0.161. The Labute approximate surface area is 116 Å². The Bertz CT molecular complexity index is 441. The lowest BCUT2D eigenvalue weighted by Gasteiger charge is -2.41. The summed E-state index contributed by atoms with van der Waals surface area (Å²) in [5.41, 5.74) is 1.82. The first-order valence-electron chi connectivity index (χ1n) is 7.11. The number of piperidine rings is 1. The zero-order valence-electron chi connectivity index (χ0n) is 12.3. The van der Waals surface area contributed by atoms with Crippen molar-refractivity contribution in [3.05, 3.63) is 29.8 Å². The van der Waals surface area contributed by atoms with E-state index < -0.39 is 0 Å². The summed E-state index contributed by atoms with van der Waals surface area (Å²) in [5.74, 6) is 1.32. The number of carbonyl (C=O) groups excluding carboxylic acids is 1. The number of nitrogens with one attached hydrogen (secondary N) is 1. The van der Waals surface area contributed by atoms with Crippen LogP contribution in [0.3, 0.4) is 0 Å². The third-order valence-corrected chi connectivity index (χ3v) is 4.28. The van der Waals surface area contributed by atoms with Gasteiger partial charge in [0, 0.05) is 30.9 Å². The smallest absolute Gasteiger partial charge is 0.254 e. The average Bonchev–Trinajstić information content (AvgIpc) is 2.42. The van der Waals surface area contributed by atoms with Crippen LogP contribution in [0.5, 0.6) is 0 Å². The van der Waals surface area contributed by atoms with Crippen LogP contribution in [0.4, 0.5) is 5.69 Å². The van der Waals surface area contributed by atoms with Crippen molar-refractivity contribution in [2.24, 2.45) is 11.8 Å². The van der Waals surface area contributed by atoms with E-state index >= 15 is 0 Å². The van der Waals surface area contributed by atoms with E-state index in [-0.39, 0.29) is 5.91 Å². The summed E-state index contributed by atoms with van der Waals surface area (Å²) in [6.07, 6.45) is 1.21. The summed E-state index contributed by atoms with van der Waals surface area (Å²) in [6.45, 7) is 7.51. The molecular formula is C16H24N2O. The Morgan fingerprint density at radius 2 is 1.84 bits per heavy atom. The fourth-order valence-electron chi connectivity index (χ4n) is 2.93. The van der Waals surface area contributed by atoms with Crippen molar-refractivity contribution in [1.82, 2.24) is 4.90 Å². The van der Waals surface area contributed by atoms with E-state index in [9.17, 15) is 4.79 Å². The van der Waals surface area contributed by atoms with Gasteiger partial charge in [0.15, 0.2) is 0 Å². The predicted molar refractivity (Wildman–Crippen MR) is 79.4 cm³/mol. The van der Waals surface area contributed by atoms with Crippen LogP contribution in [0.2, 0.25) is 0 Å². The first-order valence-corrected chi connectivity index (χ1v) is 7.11. The second-order valence-electron chi connectivity index (χ2n) is 5.84. The standard InChI is InChI=1S/C16H24N2O/c1-11-9-12(2)13(3)18(10-11)16(19)14-5-7-15(17-4)8-6-14/h5-8,11-13,17H,9-10H2,1-4H3. The molecule has 1 aromatic carbocycles. The molecule has 0 bridgehead atoms. The molecule has 1 amide bonds. The van der Waals surface area contributed by atoms with Crippen LogP contribution in [0.25, 0.3) is 0 Å². The Balaban J connectivity index is 2.17. The highest BCUT2D eigenvalue weighted by molar-refractivity contribution is 5.94. The number of nitrogens with zero attached hydrogens (tertiary/aromatic N) is 1. The first-order chi connectivity index (χ1) is 9.02. The zero-order chi connectivity index (χ0) is 14.0. The van der Waals surface area contributed by atoms with E-state index in [0.717, 1.165) is 17.8 Å². The second kappa shape index (κ2) is 5.64. The molecule has 0 aromatic heterocycles. The van der Waals surface area contributed by atoms with Crippen molar-refractivity contribution in [3.63, 3.8) is 0 Å². The van der Waals surface area contributed by atoms with Gasteiger partial charge in [-0.15, -0.1) is 0 Å². The summed E-state index contributed by atoms with van der Waals surface area (Å²) >= 11 is 0. The molecule has 0 spiro atoms. The number of carbonyl (C=O) groups is 1. The number of amides is 1. The van der Waals surface area contributed by atoms with Crippen LogP contribution in [0.1, 0.15) is 37.6 Å². The minimum Gasteiger partial charge on any atom is -0.388 e. The highest BCUT2D eigenvalue weighted by atomic mass is 16.2. The van der Waals surface area contributed by atoms with E-state index in [1.165, 1.54) is 6.42 Å². The van der Waals surface area contributed by atoms with Gasteiger partial charge in [-0.25, -0.2) is 0 Å². The Morgan fingerprint density at radius 1 is 1.21 bits per heavy atom. The third-order valence-electron chi connectivity index (χ3n) is 4.28. The zero-order valence-corrected chi connectivity index (χ0v) is 12.3. The van der Waals surface area contributed by atoms with Crippen LogP contribution in [0.15, 0.2) is 24.3 Å². The second-order valence-corrected chi connectivity index (χ2v) is 5.84. The fraction of sp³-hybridized carbons (Fsp3) is 0.562. The van der Waals surface area contributed by atoms with Gasteiger partial charge in [-0.2, -0.15) is 0 Å². The molecule has 19 heavy (non-hydrogen) atoms. The maximum absolute atomic E-state index is 12.6. The van der Waals surface area contributed by atoms with Crippen LogP contribution in [0, 0.1) is 11.8 Å². The topological polar surface area (TPSA) is 32.3 Å². The van der Waals surface area contributed by atoms with Gasteiger partial charge in [0.2, 0.25) is 0 Å². The number of rotatable bonds is 2. The maximum Gasteiger partial charge on any atom is 0.254 e. The first kappa shape index (κ1) is 13.9. The van der Waals surface area contributed by atoms with Crippen LogP contribution >= 0.6 is 0 Å². The quantitative estimate of drug-likeness (QED) is 0.885. The van der Waals surface area contributed by atoms with Gasteiger partial charge in [0.05, 0.1) is 0 Å². The van der Waals surface area contributed by atoms with Gasteiger partial charge in [0.25, 0.3) is 5.91 Å². The van der Waals surface area contributed by atoms with Crippen molar-refractivity contribution in [2.45, 2.75) is 33.2 Å². The lowest BCUT2D eigenvalue weighted by Crippen LogP contribution is -2.48. The molecule has 104 valence electrons. The van der Waals surface area contributed by atoms with Crippen molar-refractivity contribution < 1.29 is 4.79 Å². The summed E-state index contributed by atoms with van der Waals surface area (Å²) in [7, 11) is 1.88. The Morgan fingerprint density at radius 3 is 2.42 bits per heavy atom. The molecule has 3 heteroatoms. The monoisotopic (exact) mass is 260 g/mol. The molecule has 3 nitrogen and oxygen atoms in total. The molecule has 3 atom stereocenters. The van der Waals surface area contributed by atoms with Gasteiger partial charge in [-0.3, -0.25) is 4.79 Å². The summed E-state index contributed by atoms with van der Waals surface area (Å²) in [6, 6.07) is 8.05. The van der Waals surface area contributed by atoms with Crippen LogP contribution in [-0.4, -0.2) is 30.4 Å². The van der Waals surface area contributed by atoms with E-state index in [0.29, 0.717) is 17.9 Å². The van der Waals surface area contributed by atoms with Gasteiger partial charge < -0.3 is 10.2 Å². The summed E-state index contributed by atoms with van der Waals surface area (Å²) in [4.78, 5) is 14.6. The number of benzene rings is 1. The molecule has 0 radical (unpaired) electrons. The fourth-order valence-corrected chi connectivity index (χ4v) is 2.93. The molecule has 2 rings (SSSR count). The summed E-state index contributed by atoms with van der Waals surface area (Å²) < 4.78 is 0. The largest absolute Gasteiger partial charge is 0.388 e. The van der Waals surface area contributed by atoms with Gasteiger partial charge in [-0.1, -0.05) is 13.8 Å². The average molecular weight is 260 g/mol. The number of anilines is 1. The Kier molecular flexibility index (Phi) is 4.13. The molecule has 1 N–H and O–H groups in total. The van der Waals surface area contributed by atoms with Gasteiger partial charge in [-0.05, 0) is 49.4 Å². The third kappa shape index (κ3) is 2.91. The van der Waals surface area contributed by atoms with Gasteiger partial charge in [0.1, 0.15) is 0 Å². The lowest BCUT2D eigenvalue weighted by atomic mass is 9.85. The van der Waals surface area contributed by atoms with Crippen molar-refractivity contribution >= 4 is 11.6 Å². The molecule has 0 aliphatic carbocycles. The molecule has 0 saturated carbocycles. The Hall–Kier alpha value is -1.51. The van der Waals surface area contributed by atoms with E-state index in [4.69, 9.17) is 0 Å². The molecule has 3 unspecified atom stereocenters. The van der Waals surface area contributed by atoms with Crippen molar-refractivity contribution in [2.75, 3.05) is 18.9 Å². The van der Waals surface area contributed by atoms with Crippen LogP contribution < -0.4 is 5.32 Å². The summed E-state index contributed by atoms with van der Waals surface area (Å²) in [5, 5.41) is 3.07. The molecule has 1 heterocycles. The number of hydrogen-bond donors (Lipinski definition) is 1. The number of likely N-dealkylation sites (tertiary alicyclic amines) is 1.